The van der Waals surface area contributed by atoms with Crippen LogP contribution in [0.5, 0.6) is 0 Å². The molecule has 1 fully saturated rings. The molecule has 1 saturated heterocycles. The number of likely N-dealkylation sites (N-methyl/N-ethyl adjacent to an activating group) is 1. The molecule has 0 bridgehead atoms. The lowest BCUT2D eigenvalue weighted by Crippen LogP contribution is -2.55. The molecule has 0 aromatic carbocycles. The molecule has 23 heavy (non-hydrogen) atoms. The van der Waals surface area contributed by atoms with E-state index in [1.54, 1.807) is 7.05 Å². The van der Waals surface area contributed by atoms with Crippen molar-refractivity contribution in [1.82, 2.24) is 9.80 Å². The monoisotopic (exact) mass is 329 g/mol. The third-order valence-corrected chi connectivity index (χ3v) is 4.32. The van der Waals surface area contributed by atoms with Gasteiger partial charge in [0.05, 0.1) is 0 Å². The third kappa shape index (κ3) is 4.81. The molecule has 0 saturated carbocycles. The molecule has 0 aromatic heterocycles. The van der Waals surface area contributed by atoms with E-state index in [1.807, 2.05) is 16.8 Å². The number of carbonyl (C=O) groups is 1. The molecule has 1 aliphatic heterocycles. The molecule has 7 N–H and O–H groups in total. The summed E-state index contributed by atoms with van der Waals surface area (Å²) in [5, 5.41) is 27.4. The van der Waals surface area contributed by atoms with Crippen LogP contribution in [0, 0.1) is 5.92 Å². The Balaban J connectivity index is 2.85. The number of nitrogens with two attached hydrogens (primary N) is 2. The number of rotatable bonds is 7. The molecule has 1 aliphatic rings. The molecule has 1 heterocycles. The Morgan fingerprint density at radius 1 is 1.52 bits per heavy atom. The van der Waals surface area contributed by atoms with Gasteiger partial charge in [-0.15, -0.1) is 0 Å². The van der Waals surface area contributed by atoms with E-state index in [1.165, 1.54) is 0 Å². The Bertz CT molecular complexity index is 437. The van der Waals surface area contributed by atoms with Gasteiger partial charge in [-0.05, 0) is 12.7 Å². The maximum Gasteiger partial charge on any atom is 0.451 e. The van der Waals surface area contributed by atoms with Crippen LogP contribution in [0.15, 0.2) is 4.99 Å². The van der Waals surface area contributed by atoms with Gasteiger partial charge in [-0.3, -0.25) is 9.79 Å². The van der Waals surface area contributed by atoms with Crippen molar-refractivity contribution in [2.75, 3.05) is 40.3 Å². The Kier molecular flexibility index (Phi) is 7.26. The summed E-state index contributed by atoms with van der Waals surface area (Å²) in [6.07, 6.45) is 1.21. The molecular weight excluding hydrogens is 301 g/mol. The minimum Gasteiger partial charge on any atom is -0.480 e. The second-order valence-electron chi connectivity index (χ2n) is 6.07. The van der Waals surface area contributed by atoms with Crippen molar-refractivity contribution >= 4 is 19.0 Å². The van der Waals surface area contributed by atoms with Crippen LogP contribution in [0.25, 0.3) is 0 Å². The topological polar surface area (TPSA) is 149 Å². The zero-order valence-electron chi connectivity index (χ0n) is 13.9. The van der Waals surface area contributed by atoms with Crippen LogP contribution in [0.4, 0.5) is 0 Å². The van der Waals surface area contributed by atoms with Gasteiger partial charge in [-0.1, -0.05) is 6.42 Å². The quantitative estimate of drug-likeness (QED) is 0.201. The lowest BCUT2D eigenvalue weighted by Gasteiger charge is -2.29. The predicted molar refractivity (Wildman–Crippen MR) is 88.9 cm³/mol. The first-order valence-corrected chi connectivity index (χ1v) is 7.77. The Hall–Kier alpha value is -1.36. The molecule has 0 aliphatic carbocycles. The van der Waals surface area contributed by atoms with Crippen molar-refractivity contribution in [3.63, 3.8) is 0 Å². The van der Waals surface area contributed by atoms with E-state index >= 15 is 0 Å². The standard InChI is InChI=1S/C13H28BN5O4/c1-17-12(18(2)7-6-15)19-8-10(4-3-5-14(22)23)13(16,9-19)11(20)21/h10,22-23H,3-9,15-16H2,1-2H3,(H,20,21). The van der Waals surface area contributed by atoms with Gasteiger partial charge in [-0.2, -0.15) is 0 Å². The summed E-state index contributed by atoms with van der Waals surface area (Å²) in [5.41, 5.74) is 10.3. The zero-order valence-corrected chi connectivity index (χ0v) is 13.9. The summed E-state index contributed by atoms with van der Waals surface area (Å²) in [5.74, 6) is -0.676. The lowest BCUT2D eigenvalue weighted by molar-refractivity contribution is -0.144. The first-order valence-electron chi connectivity index (χ1n) is 7.77. The van der Waals surface area contributed by atoms with Crippen LogP contribution in [-0.2, 0) is 4.79 Å². The number of nitrogens with zero attached hydrogens (tertiary/aromatic N) is 3. The van der Waals surface area contributed by atoms with E-state index in [0.717, 1.165) is 0 Å². The van der Waals surface area contributed by atoms with Crippen molar-refractivity contribution in [3.05, 3.63) is 0 Å². The number of aliphatic carboxylic acids is 1. The summed E-state index contributed by atoms with van der Waals surface area (Å²) in [4.78, 5) is 19.6. The highest BCUT2D eigenvalue weighted by Gasteiger charge is 2.50. The number of carboxylic acid groups (broad SMARTS) is 1. The summed E-state index contributed by atoms with van der Waals surface area (Å²) in [6.45, 7) is 1.70. The smallest absolute Gasteiger partial charge is 0.451 e. The maximum absolute atomic E-state index is 11.7. The fourth-order valence-electron chi connectivity index (χ4n) is 3.08. The van der Waals surface area contributed by atoms with Crippen LogP contribution in [0.2, 0.25) is 6.32 Å². The second kappa shape index (κ2) is 8.48. The Morgan fingerprint density at radius 2 is 2.17 bits per heavy atom. The summed E-state index contributed by atoms with van der Waals surface area (Å²) < 4.78 is 0. The van der Waals surface area contributed by atoms with Crippen LogP contribution in [0.3, 0.4) is 0 Å². The summed E-state index contributed by atoms with van der Waals surface area (Å²) >= 11 is 0. The van der Waals surface area contributed by atoms with Gasteiger partial charge < -0.3 is 36.4 Å². The van der Waals surface area contributed by atoms with Gasteiger partial charge in [0.2, 0.25) is 0 Å². The molecule has 2 atom stereocenters. The molecular formula is C13H28BN5O4. The summed E-state index contributed by atoms with van der Waals surface area (Å²) in [7, 11) is 2.12. The lowest BCUT2D eigenvalue weighted by atomic mass is 9.78. The van der Waals surface area contributed by atoms with Crippen molar-refractivity contribution in [1.29, 1.82) is 0 Å². The fraction of sp³-hybridized carbons (Fsp3) is 0.846. The molecule has 10 heteroatoms. The molecule has 0 radical (unpaired) electrons. The predicted octanol–water partition coefficient (Wildman–Crippen LogP) is -2.17. The van der Waals surface area contributed by atoms with Crippen molar-refractivity contribution < 1.29 is 19.9 Å². The van der Waals surface area contributed by atoms with Gasteiger partial charge in [0.1, 0.15) is 5.54 Å². The number of aliphatic imine (C=N–C) groups is 1. The van der Waals surface area contributed by atoms with Crippen molar-refractivity contribution in [2.45, 2.75) is 24.7 Å². The molecule has 9 nitrogen and oxygen atoms in total. The van der Waals surface area contributed by atoms with E-state index in [4.69, 9.17) is 21.5 Å². The number of hydrogen-bond acceptors (Lipinski definition) is 6. The van der Waals surface area contributed by atoms with Crippen molar-refractivity contribution in [2.24, 2.45) is 22.4 Å². The van der Waals surface area contributed by atoms with E-state index in [-0.39, 0.29) is 18.8 Å². The van der Waals surface area contributed by atoms with Crippen LogP contribution < -0.4 is 11.5 Å². The number of guanidine groups is 1. The van der Waals surface area contributed by atoms with Crippen LogP contribution >= 0.6 is 0 Å². The Labute approximate surface area is 137 Å². The molecule has 132 valence electrons. The number of hydrogen-bond donors (Lipinski definition) is 5. The van der Waals surface area contributed by atoms with E-state index in [0.29, 0.717) is 38.4 Å². The number of likely N-dealkylation sites (tertiary alicyclic amines) is 1. The fourth-order valence-corrected chi connectivity index (χ4v) is 3.08. The van der Waals surface area contributed by atoms with Crippen molar-refractivity contribution in [3.8, 4) is 0 Å². The average molecular weight is 329 g/mol. The third-order valence-electron chi connectivity index (χ3n) is 4.32. The van der Waals surface area contributed by atoms with Gasteiger partial charge >= 0.3 is 13.1 Å². The first kappa shape index (κ1) is 19.7. The second-order valence-corrected chi connectivity index (χ2v) is 6.07. The van der Waals surface area contributed by atoms with Gasteiger partial charge in [-0.25, -0.2) is 0 Å². The SMILES string of the molecule is CN=C(N(C)CCN)N1CC(CCCB(O)O)C(N)(C(=O)O)C1. The molecule has 0 aromatic rings. The highest BCUT2D eigenvalue weighted by Crippen LogP contribution is 2.31. The minimum absolute atomic E-state index is 0.163. The maximum atomic E-state index is 11.7. The van der Waals surface area contributed by atoms with Gasteiger partial charge in [0.15, 0.2) is 5.96 Å². The molecule has 1 rings (SSSR count). The highest BCUT2D eigenvalue weighted by atomic mass is 16.4. The van der Waals surface area contributed by atoms with Gasteiger partial charge in [0.25, 0.3) is 0 Å². The van der Waals surface area contributed by atoms with E-state index in [2.05, 4.69) is 4.99 Å². The van der Waals surface area contributed by atoms with E-state index < -0.39 is 18.6 Å². The zero-order chi connectivity index (χ0) is 17.6. The van der Waals surface area contributed by atoms with Gasteiger partial charge in [0, 0.05) is 46.2 Å². The van der Waals surface area contributed by atoms with E-state index in [9.17, 15) is 9.90 Å². The molecule has 0 spiro atoms. The number of carboxylic acids is 1. The average Bonchev–Trinajstić information content (AvgIpc) is 2.78. The van der Waals surface area contributed by atoms with Crippen LogP contribution in [0.1, 0.15) is 12.8 Å². The minimum atomic E-state index is -1.38. The normalized spacial score (nSPS) is 24.9. The first-order chi connectivity index (χ1) is 10.8. The molecule has 2 unspecified atom stereocenters. The largest absolute Gasteiger partial charge is 0.480 e. The Morgan fingerprint density at radius 3 is 2.65 bits per heavy atom. The highest BCUT2D eigenvalue weighted by molar-refractivity contribution is 6.40. The molecule has 0 amide bonds. The van der Waals surface area contributed by atoms with Crippen LogP contribution in [-0.4, -0.2) is 89.8 Å². The summed E-state index contributed by atoms with van der Waals surface area (Å²) in [6, 6.07) is 0.